The van der Waals surface area contributed by atoms with Gasteiger partial charge in [-0.2, -0.15) is 13.2 Å². The van der Waals surface area contributed by atoms with Gasteiger partial charge in [0.1, 0.15) is 11.6 Å². The van der Waals surface area contributed by atoms with Crippen LogP contribution in [-0.2, 0) is 6.18 Å². The molecule has 1 nitrogen and oxygen atoms in total. The molecular formula is C13H8F4O. The molecule has 0 fully saturated rings. The van der Waals surface area contributed by atoms with E-state index in [9.17, 15) is 22.7 Å². The van der Waals surface area contributed by atoms with E-state index in [0.29, 0.717) is 17.7 Å². The highest BCUT2D eigenvalue weighted by molar-refractivity contribution is 5.70. The molecular weight excluding hydrogens is 248 g/mol. The molecule has 2 aromatic rings. The molecule has 0 radical (unpaired) electrons. The molecule has 0 aliphatic carbocycles. The van der Waals surface area contributed by atoms with Crippen molar-refractivity contribution in [2.75, 3.05) is 0 Å². The molecule has 0 saturated heterocycles. The Morgan fingerprint density at radius 3 is 2.11 bits per heavy atom. The average molecular weight is 256 g/mol. The van der Waals surface area contributed by atoms with E-state index in [-0.39, 0.29) is 5.56 Å². The highest BCUT2D eigenvalue weighted by atomic mass is 19.4. The smallest absolute Gasteiger partial charge is 0.419 e. The molecule has 0 amide bonds. The van der Waals surface area contributed by atoms with Gasteiger partial charge in [0, 0.05) is 5.56 Å². The summed E-state index contributed by atoms with van der Waals surface area (Å²) in [7, 11) is 0. The third-order valence-electron chi connectivity index (χ3n) is 2.48. The highest BCUT2D eigenvalue weighted by Crippen LogP contribution is 2.38. The number of alkyl halides is 3. The second kappa shape index (κ2) is 4.33. The molecule has 94 valence electrons. The molecule has 0 aliphatic rings. The zero-order valence-electron chi connectivity index (χ0n) is 9.00. The van der Waals surface area contributed by atoms with E-state index < -0.39 is 23.3 Å². The van der Waals surface area contributed by atoms with Gasteiger partial charge < -0.3 is 5.11 Å². The maximum absolute atomic E-state index is 13.4. The number of halogens is 4. The lowest BCUT2D eigenvalue weighted by Gasteiger charge is -2.11. The van der Waals surface area contributed by atoms with Crippen LogP contribution >= 0.6 is 0 Å². The number of phenols is 1. The Labute approximate surface area is 100 Å². The first-order valence-corrected chi connectivity index (χ1v) is 5.04. The predicted molar refractivity (Wildman–Crippen MR) is 58.5 cm³/mol. The fourth-order valence-electron chi connectivity index (χ4n) is 1.63. The van der Waals surface area contributed by atoms with Crippen molar-refractivity contribution in [1.82, 2.24) is 0 Å². The normalized spacial score (nSPS) is 11.6. The fourth-order valence-corrected chi connectivity index (χ4v) is 1.63. The summed E-state index contributed by atoms with van der Waals surface area (Å²) in [6, 6.07) is 9.23. The Hall–Kier alpha value is -2.04. The van der Waals surface area contributed by atoms with Crippen molar-refractivity contribution in [3.63, 3.8) is 0 Å². The Balaban J connectivity index is 2.57. The highest BCUT2D eigenvalue weighted by Gasteiger charge is 2.35. The van der Waals surface area contributed by atoms with E-state index in [1.54, 1.807) is 30.3 Å². The van der Waals surface area contributed by atoms with Crippen LogP contribution < -0.4 is 0 Å². The van der Waals surface area contributed by atoms with Gasteiger partial charge in [-0.25, -0.2) is 4.39 Å². The number of rotatable bonds is 1. The van der Waals surface area contributed by atoms with Crippen LogP contribution in [0.4, 0.5) is 17.6 Å². The molecule has 0 bridgehead atoms. The van der Waals surface area contributed by atoms with Gasteiger partial charge in [0.2, 0.25) is 0 Å². The number of hydrogen-bond donors (Lipinski definition) is 1. The van der Waals surface area contributed by atoms with E-state index in [4.69, 9.17) is 0 Å². The van der Waals surface area contributed by atoms with Gasteiger partial charge >= 0.3 is 6.18 Å². The van der Waals surface area contributed by atoms with Crippen LogP contribution in [0.1, 0.15) is 5.56 Å². The predicted octanol–water partition coefficient (Wildman–Crippen LogP) is 4.22. The maximum atomic E-state index is 13.4. The molecule has 0 aromatic heterocycles. The van der Waals surface area contributed by atoms with Crippen LogP contribution in [0, 0.1) is 5.82 Å². The van der Waals surface area contributed by atoms with Crippen molar-refractivity contribution >= 4 is 0 Å². The summed E-state index contributed by atoms with van der Waals surface area (Å²) in [4.78, 5) is 0. The van der Waals surface area contributed by atoms with Gasteiger partial charge in [-0.1, -0.05) is 30.3 Å². The van der Waals surface area contributed by atoms with Crippen LogP contribution in [0.15, 0.2) is 42.5 Å². The van der Waals surface area contributed by atoms with E-state index >= 15 is 0 Å². The lowest BCUT2D eigenvalue weighted by atomic mass is 10.0. The molecule has 5 heteroatoms. The van der Waals surface area contributed by atoms with Crippen molar-refractivity contribution in [3.05, 3.63) is 53.8 Å². The summed E-state index contributed by atoms with van der Waals surface area (Å²) in [5.41, 5.74) is -0.997. The molecule has 18 heavy (non-hydrogen) atoms. The van der Waals surface area contributed by atoms with Crippen LogP contribution in [0.3, 0.4) is 0 Å². The van der Waals surface area contributed by atoms with Crippen LogP contribution in [0.25, 0.3) is 11.1 Å². The second-order valence-electron chi connectivity index (χ2n) is 3.71. The van der Waals surface area contributed by atoms with Gasteiger partial charge in [-0.3, -0.25) is 0 Å². The Morgan fingerprint density at radius 2 is 1.56 bits per heavy atom. The summed E-state index contributed by atoms with van der Waals surface area (Å²) < 4.78 is 50.6. The van der Waals surface area contributed by atoms with Crippen molar-refractivity contribution < 1.29 is 22.7 Å². The third-order valence-corrected chi connectivity index (χ3v) is 2.48. The standard InChI is InChI=1S/C13H8F4O/c14-11-6-9(8-4-2-1-3-5-8)12(18)7-10(11)13(15,16)17/h1-7,18H. The first kappa shape index (κ1) is 12.4. The molecule has 0 aliphatic heterocycles. The van der Waals surface area contributed by atoms with E-state index in [1.807, 2.05) is 0 Å². The van der Waals surface area contributed by atoms with Crippen LogP contribution in [0.5, 0.6) is 5.75 Å². The van der Waals surface area contributed by atoms with Gasteiger partial charge in [0.05, 0.1) is 5.56 Å². The minimum Gasteiger partial charge on any atom is -0.507 e. The Kier molecular flexibility index (Phi) is 2.98. The van der Waals surface area contributed by atoms with Gasteiger partial charge in [0.15, 0.2) is 0 Å². The molecule has 0 unspecified atom stereocenters. The minimum atomic E-state index is -4.82. The quantitative estimate of drug-likeness (QED) is 0.757. The summed E-state index contributed by atoms with van der Waals surface area (Å²) in [6.45, 7) is 0. The topological polar surface area (TPSA) is 20.2 Å². The van der Waals surface area contributed by atoms with E-state index in [0.717, 1.165) is 0 Å². The zero-order valence-corrected chi connectivity index (χ0v) is 9.00. The molecule has 1 N–H and O–H groups in total. The summed E-state index contributed by atoms with van der Waals surface area (Å²) >= 11 is 0. The zero-order chi connectivity index (χ0) is 13.3. The lowest BCUT2D eigenvalue weighted by molar-refractivity contribution is -0.140. The minimum absolute atomic E-state index is 0.0288. The third kappa shape index (κ3) is 2.30. The number of phenolic OH excluding ortho intramolecular Hbond substituents is 1. The van der Waals surface area contributed by atoms with E-state index in [1.165, 1.54) is 0 Å². The van der Waals surface area contributed by atoms with Crippen LogP contribution in [0.2, 0.25) is 0 Å². The van der Waals surface area contributed by atoms with Gasteiger partial charge in [-0.15, -0.1) is 0 Å². The van der Waals surface area contributed by atoms with E-state index in [2.05, 4.69) is 0 Å². The van der Waals surface area contributed by atoms with Crippen molar-refractivity contribution in [3.8, 4) is 16.9 Å². The van der Waals surface area contributed by atoms with Crippen molar-refractivity contribution in [2.24, 2.45) is 0 Å². The number of benzene rings is 2. The average Bonchev–Trinajstić information content (AvgIpc) is 2.31. The Bertz CT molecular complexity index is 561. The summed E-state index contributed by atoms with van der Waals surface area (Å²) in [6.07, 6.45) is -4.82. The molecule has 2 rings (SSSR count). The maximum Gasteiger partial charge on any atom is 0.419 e. The Morgan fingerprint density at radius 1 is 0.944 bits per heavy atom. The molecule has 2 aromatic carbocycles. The SMILES string of the molecule is Oc1cc(C(F)(F)F)c(F)cc1-c1ccccc1. The summed E-state index contributed by atoms with van der Waals surface area (Å²) in [5, 5.41) is 9.57. The second-order valence-corrected chi connectivity index (χ2v) is 3.71. The van der Waals surface area contributed by atoms with Crippen LogP contribution in [-0.4, -0.2) is 5.11 Å². The number of hydrogen-bond acceptors (Lipinski definition) is 1. The molecule has 0 saturated carbocycles. The van der Waals surface area contributed by atoms with Crippen molar-refractivity contribution in [2.45, 2.75) is 6.18 Å². The first-order valence-electron chi connectivity index (χ1n) is 5.04. The first-order chi connectivity index (χ1) is 8.39. The van der Waals surface area contributed by atoms with Gasteiger partial charge in [-0.05, 0) is 17.7 Å². The number of aromatic hydroxyl groups is 1. The monoisotopic (exact) mass is 256 g/mol. The van der Waals surface area contributed by atoms with Gasteiger partial charge in [0.25, 0.3) is 0 Å². The molecule has 0 spiro atoms. The molecule has 0 atom stereocenters. The lowest BCUT2D eigenvalue weighted by Crippen LogP contribution is -2.08. The summed E-state index contributed by atoms with van der Waals surface area (Å²) in [5.74, 6) is -2.01. The largest absolute Gasteiger partial charge is 0.507 e. The fraction of sp³-hybridized carbons (Fsp3) is 0.0769. The molecule has 0 heterocycles. The van der Waals surface area contributed by atoms with Crippen molar-refractivity contribution in [1.29, 1.82) is 0 Å².